The SMILES string of the molecule is CC(C)C(=O)Nc1ccc(NCc2cc(Br)ccc2OCc2ccc(Cl)cc2Cl)cc1. The maximum Gasteiger partial charge on any atom is 0.226 e. The molecule has 0 spiro atoms. The number of carbonyl (C=O) groups is 1. The number of benzene rings is 3. The number of amides is 1. The van der Waals surface area contributed by atoms with Gasteiger partial charge < -0.3 is 15.4 Å². The summed E-state index contributed by atoms with van der Waals surface area (Å²) in [5, 5.41) is 7.45. The normalized spacial score (nSPS) is 10.8. The molecule has 1 amide bonds. The number of hydrogen-bond acceptors (Lipinski definition) is 3. The van der Waals surface area contributed by atoms with Crippen LogP contribution in [0.1, 0.15) is 25.0 Å². The van der Waals surface area contributed by atoms with Gasteiger partial charge >= 0.3 is 0 Å². The van der Waals surface area contributed by atoms with E-state index < -0.39 is 0 Å². The number of hydrogen-bond donors (Lipinski definition) is 2. The minimum Gasteiger partial charge on any atom is -0.488 e. The van der Waals surface area contributed by atoms with Crippen molar-refractivity contribution in [2.45, 2.75) is 27.0 Å². The lowest BCUT2D eigenvalue weighted by atomic mass is 10.1. The van der Waals surface area contributed by atoms with Crippen LogP contribution in [0.15, 0.2) is 65.1 Å². The molecule has 3 aromatic carbocycles. The van der Waals surface area contributed by atoms with E-state index >= 15 is 0 Å². The fraction of sp³-hybridized carbons (Fsp3) is 0.208. The Balaban J connectivity index is 1.65. The standard InChI is InChI=1S/C24H23BrCl2N2O2/c1-15(2)24(30)29-21-8-6-20(7-9-21)28-13-17-11-18(25)4-10-23(17)31-14-16-3-5-19(26)12-22(16)27/h3-12,15,28H,13-14H2,1-2H3,(H,29,30). The molecule has 0 radical (unpaired) electrons. The van der Waals surface area contributed by atoms with Crippen LogP contribution in [0.2, 0.25) is 10.0 Å². The first-order valence-corrected chi connectivity index (χ1v) is 11.4. The van der Waals surface area contributed by atoms with E-state index in [9.17, 15) is 4.79 Å². The molecule has 162 valence electrons. The van der Waals surface area contributed by atoms with Gasteiger partial charge in [-0.15, -0.1) is 0 Å². The van der Waals surface area contributed by atoms with Crippen molar-refractivity contribution in [3.63, 3.8) is 0 Å². The highest BCUT2D eigenvalue weighted by Gasteiger charge is 2.09. The maximum absolute atomic E-state index is 11.8. The van der Waals surface area contributed by atoms with Crippen molar-refractivity contribution in [1.82, 2.24) is 0 Å². The van der Waals surface area contributed by atoms with Crippen molar-refractivity contribution < 1.29 is 9.53 Å². The fourth-order valence-electron chi connectivity index (χ4n) is 2.78. The third kappa shape index (κ3) is 6.89. The van der Waals surface area contributed by atoms with Crippen LogP contribution in [0.5, 0.6) is 5.75 Å². The van der Waals surface area contributed by atoms with Gasteiger partial charge in [-0.2, -0.15) is 0 Å². The van der Waals surface area contributed by atoms with Gasteiger partial charge in [-0.25, -0.2) is 0 Å². The Morgan fingerprint density at radius 1 is 0.968 bits per heavy atom. The van der Waals surface area contributed by atoms with Gasteiger partial charge in [0.25, 0.3) is 0 Å². The van der Waals surface area contributed by atoms with Gasteiger partial charge in [0, 0.05) is 49.5 Å². The van der Waals surface area contributed by atoms with E-state index in [1.54, 1.807) is 12.1 Å². The smallest absolute Gasteiger partial charge is 0.226 e. The van der Waals surface area contributed by atoms with Crippen LogP contribution in [0.25, 0.3) is 0 Å². The third-order valence-corrected chi connectivity index (χ3v) is 5.66. The number of halogens is 3. The van der Waals surface area contributed by atoms with E-state index in [1.165, 1.54) is 0 Å². The highest BCUT2D eigenvalue weighted by molar-refractivity contribution is 9.10. The summed E-state index contributed by atoms with van der Waals surface area (Å²) in [6, 6.07) is 18.9. The molecule has 4 nitrogen and oxygen atoms in total. The lowest BCUT2D eigenvalue weighted by Crippen LogP contribution is -2.17. The number of anilines is 2. The molecule has 7 heteroatoms. The molecular formula is C24H23BrCl2N2O2. The second-order valence-corrected chi connectivity index (χ2v) is 9.11. The summed E-state index contributed by atoms with van der Waals surface area (Å²) >= 11 is 15.7. The number of nitrogens with one attached hydrogen (secondary N) is 2. The van der Waals surface area contributed by atoms with E-state index in [-0.39, 0.29) is 11.8 Å². The molecule has 0 aromatic heterocycles. The Morgan fingerprint density at radius 2 is 1.68 bits per heavy atom. The van der Waals surface area contributed by atoms with E-state index in [4.69, 9.17) is 27.9 Å². The van der Waals surface area contributed by atoms with Gasteiger partial charge in [0.1, 0.15) is 12.4 Å². The molecule has 0 fully saturated rings. The van der Waals surface area contributed by atoms with Gasteiger partial charge in [-0.3, -0.25) is 4.79 Å². The molecule has 0 saturated heterocycles. The molecule has 0 aliphatic carbocycles. The number of carbonyl (C=O) groups excluding carboxylic acids is 1. The molecule has 0 bridgehead atoms. The van der Waals surface area contributed by atoms with E-state index in [0.717, 1.165) is 32.7 Å². The summed E-state index contributed by atoms with van der Waals surface area (Å²) in [5.74, 6) is 0.704. The summed E-state index contributed by atoms with van der Waals surface area (Å²) in [6.07, 6.45) is 0. The molecule has 0 heterocycles. The lowest BCUT2D eigenvalue weighted by molar-refractivity contribution is -0.118. The van der Waals surface area contributed by atoms with Crippen molar-refractivity contribution in [2.24, 2.45) is 5.92 Å². The first-order chi connectivity index (χ1) is 14.8. The van der Waals surface area contributed by atoms with Crippen LogP contribution in [0.3, 0.4) is 0 Å². The highest BCUT2D eigenvalue weighted by Crippen LogP contribution is 2.27. The monoisotopic (exact) mass is 520 g/mol. The Hall–Kier alpha value is -2.21. The highest BCUT2D eigenvalue weighted by atomic mass is 79.9. The minimum absolute atomic E-state index is 0.00238. The Morgan fingerprint density at radius 3 is 2.35 bits per heavy atom. The van der Waals surface area contributed by atoms with Crippen molar-refractivity contribution in [2.75, 3.05) is 10.6 Å². The van der Waals surface area contributed by atoms with Gasteiger partial charge in [-0.05, 0) is 54.6 Å². The van der Waals surface area contributed by atoms with Gasteiger partial charge in [0.2, 0.25) is 5.91 Å². The predicted octanol–water partition coefficient (Wildman–Crippen LogP) is 7.54. The molecule has 2 N–H and O–H groups in total. The maximum atomic E-state index is 11.8. The minimum atomic E-state index is -0.0597. The molecule has 0 saturated carbocycles. The van der Waals surface area contributed by atoms with Crippen molar-refractivity contribution in [3.05, 3.63) is 86.3 Å². The lowest BCUT2D eigenvalue weighted by Gasteiger charge is -2.15. The van der Waals surface area contributed by atoms with Crippen LogP contribution < -0.4 is 15.4 Å². The van der Waals surface area contributed by atoms with E-state index in [2.05, 4.69) is 26.6 Å². The average molecular weight is 522 g/mol. The van der Waals surface area contributed by atoms with Crippen LogP contribution in [-0.2, 0) is 17.9 Å². The summed E-state index contributed by atoms with van der Waals surface area (Å²) in [7, 11) is 0. The third-order valence-electron chi connectivity index (χ3n) is 4.58. The van der Waals surface area contributed by atoms with Gasteiger partial charge in [-0.1, -0.05) is 59.0 Å². The number of ether oxygens (including phenoxy) is 1. The topological polar surface area (TPSA) is 50.4 Å². The Labute approximate surface area is 201 Å². The van der Waals surface area contributed by atoms with Crippen LogP contribution in [0, 0.1) is 5.92 Å². The second-order valence-electron chi connectivity index (χ2n) is 7.35. The molecule has 0 aliphatic rings. The Bertz CT molecular complexity index is 1060. The zero-order valence-corrected chi connectivity index (χ0v) is 20.3. The van der Waals surface area contributed by atoms with Gasteiger partial charge in [0.05, 0.1) is 0 Å². The first kappa shape index (κ1) is 23.5. The first-order valence-electron chi connectivity index (χ1n) is 9.82. The summed E-state index contributed by atoms with van der Waals surface area (Å²) in [5.41, 5.74) is 3.58. The van der Waals surface area contributed by atoms with Crippen LogP contribution >= 0.6 is 39.1 Å². The van der Waals surface area contributed by atoms with E-state index in [0.29, 0.717) is 23.2 Å². The quantitative estimate of drug-likeness (QED) is 0.322. The fourth-order valence-corrected chi connectivity index (χ4v) is 3.65. The molecule has 0 atom stereocenters. The van der Waals surface area contributed by atoms with Gasteiger partial charge in [0.15, 0.2) is 0 Å². The summed E-state index contributed by atoms with van der Waals surface area (Å²) < 4.78 is 7.00. The average Bonchev–Trinajstić information content (AvgIpc) is 2.73. The summed E-state index contributed by atoms with van der Waals surface area (Å²) in [6.45, 7) is 4.64. The zero-order chi connectivity index (χ0) is 22.4. The van der Waals surface area contributed by atoms with Crippen LogP contribution in [0.4, 0.5) is 11.4 Å². The van der Waals surface area contributed by atoms with Crippen molar-refractivity contribution >= 4 is 56.4 Å². The zero-order valence-electron chi connectivity index (χ0n) is 17.2. The molecule has 0 unspecified atom stereocenters. The second kappa shape index (κ2) is 10.9. The van der Waals surface area contributed by atoms with E-state index in [1.807, 2.05) is 62.4 Å². The van der Waals surface area contributed by atoms with Crippen LogP contribution in [-0.4, -0.2) is 5.91 Å². The van der Waals surface area contributed by atoms with Crippen molar-refractivity contribution in [1.29, 1.82) is 0 Å². The molecule has 31 heavy (non-hydrogen) atoms. The molecule has 0 aliphatic heterocycles. The summed E-state index contributed by atoms with van der Waals surface area (Å²) in [4.78, 5) is 11.8. The number of rotatable bonds is 8. The largest absolute Gasteiger partial charge is 0.488 e. The predicted molar refractivity (Wildman–Crippen MR) is 132 cm³/mol. The van der Waals surface area contributed by atoms with Crippen molar-refractivity contribution in [3.8, 4) is 5.75 Å². The Kier molecular flexibility index (Phi) is 8.24. The molecule has 3 rings (SSSR count). The molecular weight excluding hydrogens is 499 g/mol. The molecule has 3 aromatic rings.